The number of carbonyl (C=O) groups excluding carboxylic acids is 1. The minimum atomic E-state index is -0.763. The van der Waals surface area contributed by atoms with Crippen molar-refractivity contribution in [3.05, 3.63) is 26.6 Å². The van der Waals surface area contributed by atoms with Crippen molar-refractivity contribution >= 4 is 27.5 Å². The maximum atomic E-state index is 12.4. The van der Waals surface area contributed by atoms with Gasteiger partial charge in [0, 0.05) is 11.3 Å². The summed E-state index contributed by atoms with van der Waals surface area (Å²) in [7, 11) is 0. The number of fused-ring (bicyclic) bond motifs is 3. The molecule has 0 fully saturated rings. The number of nitriles is 1. The summed E-state index contributed by atoms with van der Waals surface area (Å²) < 4.78 is 4.89. The smallest absolute Gasteiger partial charge is 0.307 e. The molecule has 1 aliphatic carbocycles. The molecule has 0 saturated carbocycles. The number of aryl methyl sites for hydroxylation is 3. The van der Waals surface area contributed by atoms with Crippen LogP contribution in [0.2, 0.25) is 0 Å². The Morgan fingerprint density at radius 3 is 3.04 bits per heavy atom. The van der Waals surface area contributed by atoms with Crippen LogP contribution in [0.1, 0.15) is 42.5 Å². The number of hydrogen-bond acceptors (Lipinski definition) is 6. The summed E-state index contributed by atoms with van der Waals surface area (Å²) in [4.78, 5) is 33.3. The quantitative estimate of drug-likeness (QED) is 0.867. The molecule has 0 aliphatic heterocycles. The van der Waals surface area contributed by atoms with Gasteiger partial charge in [0.15, 0.2) is 6.10 Å². The molecule has 0 unspecified atom stereocenters. The molecule has 0 aromatic carbocycles. The average Bonchev–Trinajstić information content (AvgIpc) is 2.91. The van der Waals surface area contributed by atoms with Gasteiger partial charge in [-0.2, -0.15) is 5.26 Å². The molecule has 0 radical (unpaired) electrons. The van der Waals surface area contributed by atoms with Crippen LogP contribution < -0.4 is 5.56 Å². The lowest BCUT2D eigenvalue weighted by Crippen LogP contribution is -2.16. The summed E-state index contributed by atoms with van der Waals surface area (Å²) in [6.45, 7) is 1.51. The highest BCUT2D eigenvalue weighted by atomic mass is 32.1. The van der Waals surface area contributed by atoms with E-state index >= 15 is 0 Å². The third kappa shape index (κ3) is 3.27. The molecular weight excluding hydrogens is 314 g/mol. The van der Waals surface area contributed by atoms with Gasteiger partial charge in [0.25, 0.3) is 5.56 Å². The first-order valence-electron chi connectivity index (χ1n) is 7.71. The Labute approximate surface area is 137 Å². The van der Waals surface area contributed by atoms with Crippen LogP contribution in [0.4, 0.5) is 0 Å². The topological polar surface area (TPSA) is 95.8 Å². The maximum Gasteiger partial charge on any atom is 0.307 e. The van der Waals surface area contributed by atoms with Crippen LogP contribution in [0.25, 0.3) is 10.2 Å². The lowest BCUT2D eigenvalue weighted by molar-refractivity contribution is -0.145. The fourth-order valence-corrected chi connectivity index (χ4v) is 4.11. The van der Waals surface area contributed by atoms with E-state index in [1.807, 2.05) is 6.07 Å². The van der Waals surface area contributed by atoms with E-state index in [1.165, 1.54) is 11.8 Å². The van der Waals surface area contributed by atoms with E-state index < -0.39 is 12.1 Å². The number of hydrogen-bond donors (Lipinski definition) is 1. The molecule has 1 N–H and O–H groups in total. The zero-order chi connectivity index (χ0) is 16.4. The minimum absolute atomic E-state index is 0.0888. The van der Waals surface area contributed by atoms with E-state index in [-0.39, 0.29) is 12.0 Å². The lowest BCUT2D eigenvalue weighted by atomic mass is 9.97. The molecule has 7 heteroatoms. The number of rotatable bonds is 4. The van der Waals surface area contributed by atoms with Gasteiger partial charge in [-0.15, -0.1) is 11.3 Å². The Kier molecular flexibility index (Phi) is 4.44. The van der Waals surface area contributed by atoms with Gasteiger partial charge < -0.3 is 9.72 Å². The summed E-state index contributed by atoms with van der Waals surface area (Å²) in [6, 6.07) is 1.84. The Morgan fingerprint density at radius 2 is 2.26 bits per heavy atom. The number of carbonyl (C=O) groups is 1. The summed E-state index contributed by atoms with van der Waals surface area (Å²) in [5, 5.41) is 9.33. The minimum Gasteiger partial charge on any atom is -0.447 e. The van der Waals surface area contributed by atoms with Gasteiger partial charge in [-0.3, -0.25) is 9.59 Å². The SMILES string of the molecule is C[C@H](C#N)OC(=O)CCc1nc2sc3c(c2c(=O)[nH]1)CCCC3. The molecule has 0 amide bonds. The van der Waals surface area contributed by atoms with Crippen molar-refractivity contribution in [2.24, 2.45) is 0 Å². The molecule has 0 bridgehead atoms. The molecule has 2 aromatic rings. The number of H-pyrrole nitrogens is 1. The van der Waals surface area contributed by atoms with Crippen LogP contribution in [0, 0.1) is 11.3 Å². The van der Waals surface area contributed by atoms with E-state index in [0.29, 0.717) is 17.6 Å². The highest BCUT2D eigenvalue weighted by molar-refractivity contribution is 7.18. The third-order valence-corrected chi connectivity index (χ3v) is 5.12. The Balaban J connectivity index is 1.79. The number of esters is 1. The van der Waals surface area contributed by atoms with Crippen molar-refractivity contribution in [3.63, 3.8) is 0 Å². The van der Waals surface area contributed by atoms with Crippen molar-refractivity contribution in [3.8, 4) is 6.07 Å². The number of aromatic amines is 1. The molecule has 2 aromatic heterocycles. The Hall–Kier alpha value is -2.20. The highest BCUT2D eigenvalue weighted by Crippen LogP contribution is 2.33. The van der Waals surface area contributed by atoms with Gasteiger partial charge in [-0.25, -0.2) is 4.98 Å². The molecule has 1 aliphatic rings. The number of nitrogens with zero attached hydrogens (tertiary/aromatic N) is 2. The van der Waals surface area contributed by atoms with Gasteiger partial charge in [0.05, 0.1) is 11.8 Å². The van der Waals surface area contributed by atoms with Gasteiger partial charge in [0.2, 0.25) is 0 Å². The average molecular weight is 331 g/mol. The highest BCUT2D eigenvalue weighted by Gasteiger charge is 2.20. The predicted molar refractivity (Wildman–Crippen MR) is 86.4 cm³/mol. The maximum absolute atomic E-state index is 12.4. The third-order valence-electron chi connectivity index (χ3n) is 3.93. The van der Waals surface area contributed by atoms with Crippen molar-refractivity contribution < 1.29 is 9.53 Å². The summed E-state index contributed by atoms with van der Waals surface area (Å²) in [5.41, 5.74) is 1.03. The number of nitrogens with one attached hydrogen (secondary N) is 1. The van der Waals surface area contributed by atoms with Gasteiger partial charge in [-0.1, -0.05) is 0 Å². The van der Waals surface area contributed by atoms with Crippen LogP contribution in [0.5, 0.6) is 0 Å². The second kappa shape index (κ2) is 6.50. The van der Waals surface area contributed by atoms with Crippen molar-refractivity contribution in [2.75, 3.05) is 0 Å². The fraction of sp³-hybridized carbons (Fsp3) is 0.500. The molecule has 23 heavy (non-hydrogen) atoms. The van der Waals surface area contributed by atoms with Gasteiger partial charge in [-0.05, 0) is 38.2 Å². The lowest BCUT2D eigenvalue weighted by Gasteiger charge is -2.09. The summed E-state index contributed by atoms with van der Waals surface area (Å²) >= 11 is 1.59. The molecule has 0 spiro atoms. The van der Waals surface area contributed by atoms with Crippen molar-refractivity contribution in [1.82, 2.24) is 9.97 Å². The van der Waals surface area contributed by atoms with Crippen LogP contribution in [-0.4, -0.2) is 22.0 Å². The molecule has 6 nitrogen and oxygen atoms in total. The standard InChI is InChI=1S/C16H17N3O3S/c1-9(8-17)22-13(20)7-6-12-18-15(21)14-10-4-2-3-5-11(10)23-16(14)19-12/h9H,2-7H2,1H3,(H,18,19,21)/t9-/m1/s1. The van der Waals surface area contributed by atoms with E-state index in [4.69, 9.17) is 10.00 Å². The monoisotopic (exact) mass is 331 g/mol. The van der Waals surface area contributed by atoms with Gasteiger partial charge >= 0.3 is 5.97 Å². The first-order chi connectivity index (χ1) is 11.1. The number of thiophene rings is 1. The molecular formula is C16H17N3O3S. The first kappa shape index (κ1) is 15.7. The molecule has 2 heterocycles. The van der Waals surface area contributed by atoms with Gasteiger partial charge in [0.1, 0.15) is 16.7 Å². The predicted octanol–water partition coefficient (Wildman–Crippen LogP) is 2.25. The Morgan fingerprint density at radius 1 is 1.48 bits per heavy atom. The first-order valence-corrected chi connectivity index (χ1v) is 8.52. The second-order valence-corrected chi connectivity index (χ2v) is 6.75. The van der Waals surface area contributed by atoms with Crippen molar-refractivity contribution in [2.45, 2.75) is 51.6 Å². The fourth-order valence-electron chi connectivity index (χ4n) is 2.83. The Bertz CT molecular complexity index is 847. The van der Waals surface area contributed by atoms with Crippen molar-refractivity contribution in [1.29, 1.82) is 5.26 Å². The number of aromatic nitrogens is 2. The largest absolute Gasteiger partial charge is 0.447 e. The van der Waals surface area contributed by atoms with Crippen LogP contribution in [0.3, 0.4) is 0 Å². The second-order valence-electron chi connectivity index (χ2n) is 5.66. The normalized spacial score (nSPS) is 15.0. The van der Waals surface area contributed by atoms with E-state index in [2.05, 4.69) is 9.97 Å². The number of ether oxygens (including phenoxy) is 1. The zero-order valence-corrected chi connectivity index (χ0v) is 13.7. The molecule has 120 valence electrons. The van der Waals surface area contributed by atoms with Crippen LogP contribution in [-0.2, 0) is 28.8 Å². The van der Waals surface area contributed by atoms with E-state index in [0.717, 1.165) is 36.1 Å². The molecule has 3 rings (SSSR count). The van der Waals surface area contributed by atoms with Crippen LogP contribution >= 0.6 is 11.3 Å². The zero-order valence-electron chi connectivity index (χ0n) is 12.8. The van der Waals surface area contributed by atoms with E-state index in [1.54, 1.807) is 11.3 Å². The van der Waals surface area contributed by atoms with Crippen LogP contribution in [0.15, 0.2) is 4.79 Å². The molecule has 1 atom stereocenters. The van der Waals surface area contributed by atoms with E-state index in [9.17, 15) is 9.59 Å². The summed E-state index contributed by atoms with van der Waals surface area (Å²) in [5.74, 6) is 0.0231. The molecule has 0 saturated heterocycles. The summed E-state index contributed by atoms with van der Waals surface area (Å²) in [6.07, 6.45) is 3.86.